The number of hydrogen-bond acceptors (Lipinski definition) is 6. The van der Waals surface area contributed by atoms with Crippen molar-refractivity contribution in [2.24, 2.45) is 0 Å². The summed E-state index contributed by atoms with van der Waals surface area (Å²) in [4.78, 5) is 44.2. The zero-order valence-electron chi connectivity index (χ0n) is 25.0. The van der Waals surface area contributed by atoms with Gasteiger partial charge in [0, 0.05) is 47.4 Å². The average molecular weight is 612 g/mol. The number of amides is 1. The van der Waals surface area contributed by atoms with Gasteiger partial charge in [-0.3, -0.25) is 14.6 Å². The standard InChI is InChI=1S/C38H33N3O5/c42-36(22-19-29-10-9-23-39-27-29)41(31-13-5-2-6-14-31)24-25-46-32-20-17-28(18-21-32)26-35(38(44)45)40-34-16-8-7-15-33(34)37(43)30-11-3-1-4-12-30/h1-23,27,35,40H,24-26H2,(H,44,45). The molecule has 0 aliphatic carbocycles. The summed E-state index contributed by atoms with van der Waals surface area (Å²) < 4.78 is 5.96. The van der Waals surface area contributed by atoms with E-state index >= 15 is 0 Å². The smallest absolute Gasteiger partial charge is 0.326 e. The van der Waals surface area contributed by atoms with Crippen LogP contribution in [0.5, 0.6) is 5.75 Å². The molecule has 1 aromatic heterocycles. The molecule has 5 aromatic rings. The Hall–Kier alpha value is -6.02. The Morgan fingerprint density at radius 1 is 0.826 bits per heavy atom. The lowest BCUT2D eigenvalue weighted by Gasteiger charge is -2.22. The van der Waals surface area contributed by atoms with E-state index in [1.807, 2.05) is 60.7 Å². The van der Waals surface area contributed by atoms with Crippen molar-refractivity contribution in [2.75, 3.05) is 23.4 Å². The van der Waals surface area contributed by atoms with Crippen LogP contribution in [-0.4, -0.2) is 46.9 Å². The van der Waals surface area contributed by atoms with Gasteiger partial charge in [-0.15, -0.1) is 0 Å². The molecule has 0 fully saturated rings. The van der Waals surface area contributed by atoms with Crippen molar-refractivity contribution in [3.8, 4) is 5.75 Å². The number of aromatic nitrogens is 1. The number of nitrogens with zero attached hydrogens (tertiary/aromatic N) is 2. The number of carboxylic acids is 1. The topological polar surface area (TPSA) is 109 Å². The maximum absolute atomic E-state index is 13.1. The van der Waals surface area contributed by atoms with Gasteiger partial charge in [0.25, 0.3) is 5.91 Å². The average Bonchev–Trinajstić information content (AvgIpc) is 3.10. The molecule has 0 aliphatic heterocycles. The predicted molar refractivity (Wildman–Crippen MR) is 179 cm³/mol. The number of benzene rings is 4. The molecule has 1 heterocycles. The van der Waals surface area contributed by atoms with Gasteiger partial charge in [-0.1, -0.05) is 78.9 Å². The van der Waals surface area contributed by atoms with Crippen molar-refractivity contribution >= 4 is 35.1 Å². The van der Waals surface area contributed by atoms with Crippen LogP contribution in [0.15, 0.2) is 140 Å². The Morgan fingerprint density at radius 2 is 1.52 bits per heavy atom. The molecular formula is C38H33N3O5. The van der Waals surface area contributed by atoms with Gasteiger partial charge in [-0.2, -0.15) is 0 Å². The van der Waals surface area contributed by atoms with Crippen LogP contribution in [0.3, 0.4) is 0 Å². The largest absolute Gasteiger partial charge is 0.492 e. The fraction of sp³-hybridized carbons (Fsp3) is 0.105. The molecule has 1 atom stereocenters. The number of hydrogen-bond donors (Lipinski definition) is 2. The van der Waals surface area contributed by atoms with Crippen molar-refractivity contribution in [2.45, 2.75) is 12.5 Å². The third kappa shape index (κ3) is 8.54. The third-order valence-electron chi connectivity index (χ3n) is 7.22. The summed E-state index contributed by atoms with van der Waals surface area (Å²) >= 11 is 0. The van der Waals surface area contributed by atoms with Crippen LogP contribution in [0.4, 0.5) is 11.4 Å². The van der Waals surface area contributed by atoms with Crippen molar-refractivity contribution in [3.05, 3.63) is 162 Å². The van der Waals surface area contributed by atoms with E-state index in [9.17, 15) is 19.5 Å². The van der Waals surface area contributed by atoms with Crippen LogP contribution >= 0.6 is 0 Å². The normalized spacial score (nSPS) is 11.5. The van der Waals surface area contributed by atoms with E-state index in [-0.39, 0.29) is 24.7 Å². The summed E-state index contributed by atoms with van der Waals surface area (Å²) in [5.41, 5.74) is 3.74. The van der Waals surface area contributed by atoms with Gasteiger partial charge in [0.05, 0.1) is 6.54 Å². The molecule has 2 N–H and O–H groups in total. The number of ketones is 1. The molecule has 0 spiro atoms. The molecule has 0 saturated carbocycles. The summed E-state index contributed by atoms with van der Waals surface area (Å²) in [5.74, 6) is -0.820. The number of aliphatic carboxylic acids is 1. The molecule has 8 heteroatoms. The summed E-state index contributed by atoms with van der Waals surface area (Å²) in [5, 5.41) is 13.1. The Bertz CT molecular complexity index is 1780. The minimum absolute atomic E-state index is 0.184. The van der Waals surface area contributed by atoms with Crippen LogP contribution < -0.4 is 15.0 Å². The highest BCUT2D eigenvalue weighted by Crippen LogP contribution is 2.22. The highest BCUT2D eigenvalue weighted by Gasteiger charge is 2.21. The van der Waals surface area contributed by atoms with Crippen LogP contribution in [0.25, 0.3) is 6.08 Å². The highest BCUT2D eigenvalue weighted by molar-refractivity contribution is 6.12. The zero-order chi connectivity index (χ0) is 32.1. The lowest BCUT2D eigenvalue weighted by molar-refractivity contribution is -0.137. The first-order valence-electron chi connectivity index (χ1n) is 14.8. The lowest BCUT2D eigenvalue weighted by Crippen LogP contribution is -2.33. The van der Waals surface area contributed by atoms with Crippen LogP contribution in [-0.2, 0) is 16.0 Å². The van der Waals surface area contributed by atoms with Gasteiger partial charge < -0.3 is 20.1 Å². The number of ether oxygens (including phenoxy) is 1. The second-order valence-corrected chi connectivity index (χ2v) is 10.4. The summed E-state index contributed by atoms with van der Waals surface area (Å²) in [6.45, 7) is 0.556. The molecule has 1 amide bonds. The molecule has 0 radical (unpaired) electrons. The Labute approximate surface area is 267 Å². The Kier molecular flexibility index (Phi) is 10.7. The molecule has 0 saturated heterocycles. The first-order chi connectivity index (χ1) is 22.5. The first kappa shape index (κ1) is 31.4. The number of nitrogens with one attached hydrogen (secondary N) is 1. The van der Waals surface area contributed by atoms with Crippen LogP contribution in [0.2, 0.25) is 0 Å². The zero-order valence-corrected chi connectivity index (χ0v) is 25.0. The molecule has 230 valence electrons. The number of para-hydroxylation sites is 2. The van der Waals surface area contributed by atoms with Crippen molar-refractivity contribution in [1.29, 1.82) is 0 Å². The Morgan fingerprint density at radius 3 is 2.22 bits per heavy atom. The molecule has 1 unspecified atom stereocenters. The number of rotatable bonds is 14. The monoisotopic (exact) mass is 611 g/mol. The molecule has 8 nitrogen and oxygen atoms in total. The van der Waals surface area contributed by atoms with Gasteiger partial charge in [-0.25, -0.2) is 4.79 Å². The van der Waals surface area contributed by atoms with Gasteiger partial charge in [0.1, 0.15) is 18.4 Å². The minimum Gasteiger partial charge on any atom is -0.492 e. The molecule has 0 aliphatic rings. The maximum Gasteiger partial charge on any atom is 0.326 e. The molecule has 4 aromatic carbocycles. The first-order valence-corrected chi connectivity index (χ1v) is 14.8. The van der Waals surface area contributed by atoms with Crippen molar-refractivity contribution < 1.29 is 24.2 Å². The van der Waals surface area contributed by atoms with Crippen molar-refractivity contribution in [3.63, 3.8) is 0 Å². The number of carbonyl (C=O) groups is 3. The van der Waals surface area contributed by atoms with Gasteiger partial charge >= 0.3 is 5.97 Å². The molecule has 46 heavy (non-hydrogen) atoms. The van der Waals surface area contributed by atoms with Crippen molar-refractivity contribution in [1.82, 2.24) is 4.98 Å². The number of carbonyl (C=O) groups excluding carboxylic acids is 2. The van der Waals surface area contributed by atoms with E-state index in [2.05, 4.69) is 10.3 Å². The number of anilines is 2. The van der Waals surface area contributed by atoms with E-state index in [0.717, 1.165) is 16.8 Å². The fourth-order valence-corrected chi connectivity index (χ4v) is 4.86. The van der Waals surface area contributed by atoms with Gasteiger partial charge in [-0.05, 0) is 59.7 Å². The molecule has 5 rings (SSSR count). The molecule has 0 bridgehead atoms. The second kappa shape index (κ2) is 15.6. The maximum atomic E-state index is 13.1. The van der Waals surface area contributed by atoms with Gasteiger partial charge in [0.2, 0.25) is 0 Å². The number of carboxylic acid groups (broad SMARTS) is 1. The minimum atomic E-state index is -1.04. The fourth-order valence-electron chi connectivity index (χ4n) is 4.86. The van der Waals surface area contributed by atoms with Crippen LogP contribution in [0, 0.1) is 0 Å². The van der Waals surface area contributed by atoms with E-state index < -0.39 is 12.0 Å². The summed E-state index contributed by atoms with van der Waals surface area (Å²) in [7, 11) is 0. The highest BCUT2D eigenvalue weighted by atomic mass is 16.5. The van der Waals surface area contributed by atoms with E-state index in [0.29, 0.717) is 29.1 Å². The third-order valence-corrected chi connectivity index (χ3v) is 7.22. The molecular weight excluding hydrogens is 578 g/mol. The SMILES string of the molecule is O=C(c1ccccc1)c1ccccc1NC(Cc1ccc(OCCN(C(=O)C=Cc2cccnc2)c2ccccc2)cc1)C(=O)O. The quantitative estimate of drug-likeness (QED) is 0.108. The number of pyridine rings is 1. The van der Waals surface area contributed by atoms with E-state index in [1.165, 1.54) is 6.08 Å². The van der Waals surface area contributed by atoms with Gasteiger partial charge in [0.15, 0.2) is 5.78 Å². The van der Waals surface area contributed by atoms with E-state index in [4.69, 9.17) is 4.74 Å². The van der Waals surface area contributed by atoms with E-state index in [1.54, 1.807) is 84.0 Å². The Balaban J connectivity index is 1.21. The predicted octanol–water partition coefficient (Wildman–Crippen LogP) is 6.55. The van der Waals surface area contributed by atoms with Crippen LogP contribution in [0.1, 0.15) is 27.0 Å². The summed E-state index contributed by atoms with van der Waals surface area (Å²) in [6, 6.07) is 35.1. The second-order valence-electron chi connectivity index (χ2n) is 10.4. The summed E-state index contributed by atoms with van der Waals surface area (Å²) in [6.07, 6.45) is 6.79. The lowest BCUT2D eigenvalue weighted by atomic mass is 10.00.